The molecule has 212 valence electrons. The quantitative estimate of drug-likeness (QED) is 0.211. The number of carbonyl (C=O) groups excluding carboxylic acids is 4. The summed E-state index contributed by atoms with van der Waals surface area (Å²) in [5.41, 5.74) is 1.62. The van der Waals surface area contributed by atoms with E-state index in [9.17, 15) is 19.2 Å². The molecule has 1 saturated heterocycles. The molecular weight excluding hydrogens is 549 g/mol. The maximum absolute atomic E-state index is 13.9. The van der Waals surface area contributed by atoms with Crippen LogP contribution in [-0.2, 0) is 32.1 Å². The fraction of sp³-hybridized carbons (Fsp3) is 0.419. The van der Waals surface area contributed by atoms with Crippen molar-refractivity contribution >= 4 is 46.8 Å². The van der Waals surface area contributed by atoms with Gasteiger partial charge < -0.3 is 10.2 Å². The summed E-state index contributed by atoms with van der Waals surface area (Å²) in [6.45, 7) is 2.65. The number of imide groups is 1. The van der Waals surface area contributed by atoms with Crippen LogP contribution in [0.2, 0.25) is 10.0 Å². The third-order valence-corrected chi connectivity index (χ3v) is 8.32. The summed E-state index contributed by atoms with van der Waals surface area (Å²) in [7, 11) is 0. The van der Waals surface area contributed by atoms with Gasteiger partial charge in [-0.3, -0.25) is 24.1 Å². The number of rotatable bonds is 12. The van der Waals surface area contributed by atoms with E-state index in [4.69, 9.17) is 23.2 Å². The van der Waals surface area contributed by atoms with Crippen molar-refractivity contribution in [3.05, 3.63) is 81.9 Å². The first kappa shape index (κ1) is 29.8. The summed E-state index contributed by atoms with van der Waals surface area (Å²) in [4.78, 5) is 56.1. The van der Waals surface area contributed by atoms with Gasteiger partial charge in [0.05, 0.1) is 21.9 Å². The van der Waals surface area contributed by atoms with Crippen LogP contribution in [0.5, 0.6) is 0 Å². The fourth-order valence-electron chi connectivity index (χ4n) is 5.34. The first-order valence-electron chi connectivity index (χ1n) is 13.8. The Kier molecular flexibility index (Phi) is 10.4. The van der Waals surface area contributed by atoms with Gasteiger partial charge in [-0.25, -0.2) is 0 Å². The van der Waals surface area contributed by atoms with Crippen LogP contribution in [0.3, 0.4) is 0 Å². The normalized spacial score (nSPS) is 18.9. The van der Waals surface area contributed by atoms with Crippen molar-refractivity contribution in [1.29, 1.82) is 0 Å². The summed E-state index contributed by atoms with van der Waals surface area (Å²) in [6.07, 6.45) is 6.92. The molecule has 1 N–H and O–H groups in total. The van der Waals surface area contributed by atoms with Crippen molar-refractivity contribution in [2.24, 2.45) is 11.8 Å². The van der Waals surface area contributed by atoms with E-state index in [2.05, 4.69) is 5.32 Å². The smallest absolute Gasteiger partial charge is 0.243 e. The minimum absolute atomic E-state index is 0.0170. The van der Waals surface area contributed by atoms with Gasteiger partial charge in [0.25, 0.3) is 0 Å². The number of halogens is 2. The van der Waals surface area contributed by atoms with E-state index in [0.717, 1.165) is 18.4 Å². The molecule has 1 heterocycles. The van der Waals surface area contributed by atoms with Crippen molar-refractivity contribution in [2.75, 3.05) is 13.1 Å². The predicted molar refractivity (Wildman–Crippen MR) is 156 cm³/mol. The third-order valence-electron chi connectivity index (χ3n) is 7.59. The second-order valence-electron chi connectivity index (χ2n) is 10.4. The summed E-state index contributed by atoms with van der Waals surface area (Å²) in [5.74, 6) is -1.73. The molecule has 3 atom stereocenters. The average molecular weight is 585 g/mol. The maximum atomic E-state index is 13.9. The Labute approximate surface area is 245 Å². The largest absolute Gasteiger partial charge is 0.354 e. The van der Waals surface area contributed by atoms with Crippen molar-refractivity contribution in [3.8, 4) is 0 Å². The third kappa shape index (κ3) is 7.12. The van der Waals surface area contributed by atoms with Gasteiger partial charge in [0.1, 0.15) is 6.04 Å². The zero-order valence-electron chi connectivity index (χ0n) is 22.7. The molecule has 2 aromatic carbocycles. The summed E-state index contributed by atoms with van der Waals surface area (Å²) >= 11 is 12.4. The van der Waals surface area contributed by atoms with Crippen LogP contribution >= 0.6 is 23.2 Å². The van der Waals surface area contributed by atoms with Gasteiger partial charge in [0.2, 0.25) is 23.6 Å². The van der Waals surface area contributed by atoms with Crippen molar-refractivity contribution in [1.82, 2.24) is 15.1 Å². The molecule has 40 heavy (non-hydrogen) atoms. The molecule has 0 radical (unpaired) electrons. The highest BCUT2D eigenvalue weighted by Crippen LogP contribution is 2.35. The lowest BCUT2D eigenvalue weighted by Crippen LogP contribution is -2.51. The predicted octanol–water partition coefficient (Wildman–Crippen LogP) is 5.19. The zero-order valence-corrected chi connectivity index (χ0v) is 24.2. The molecule has 4 amide bonds. The van der Waals surface area contributed by atoms with Gasteiger partial charge >= 0.3 is 0 Å². The van der Waals surface area contributed by atoms with Crippen LogP contribution in [0.1, 0.15) is 50.2 Å². The second kappa shape index (κ2) is 14.0. The van der Waals surface area contributed by atoms with E-state index in [0.29, 0.717) is 41.4 Å². The van der Waals surface area contributed by atoms with Gasteiger partial charge in [-0.2, -0.15) is 0 Å². The number of unbranched alkanes of at least 4 members (excludes halogenated alkanes) is 1. The number of amides is 4. The average Bonchev–Trinajstić information content (AvgIpc) is 3.20. The zero-order chi connectivity index (χ0) is 28.6. The molecule has 9 heteroatoms. The molecule has 2 aliphatic rings. The van der Waals surface area contributed by atoms with Crippen LogP contribution in [0.25, 0.3) is 0 Å². The topological polar surface area (TPSA) is 86.8 Å². The maximum Gasteiger partial charge on any atom is 0.243 e. The molecule has 1 aliphatic carbocycles. The molecular formula is C31H35Cl2N3O4. The molecule has 1 unspecified atom stereocenters. The van der Waals surface area contributed by atoms with Crippen LogP contribution < -0.4 is 5.32 Å². The van der Waals surface area contributed by atoms with E-state index >= 15 is 0 Å². The van der Waals surface area contributed by atoms with E-state index < -0.39 is 6.04 Å². The summed E-state index contributed by atoms with van der Waals surface area (Å²) in [5, 5.41) is 3.73. The Morgan fingerprint density at radius 1 is 0.975 bits per heavy atom. The number of hydrogen-bond donors (Lipinski definition) is 1. The van der Waals surface area contributed by atoms with E-state index in [-0.39, 0.29) is 55.0 Å². The fourth-order valence-corrected chi connectivity index (χ4v) is 5.66. The molecule has 0 saturated carbocycles. The number of allylic oxidation sites excluding steroid dienone is 2. The number of carbonyl (C=O) groups is 4. The van der Waals surface area contributed by atoms with Crippen molar-refractivity contribution in [3.63, 3.8) is 0 Å². The van der Waals surface area contributed by atoms with Gasteiger partial charge in [-0.1, -0.05) is 85.1 Å². The van der Waals surface area contributed by atoms with Gasteiger partial charge in [-0.15, -0.1) is 0 Å². The van der Waals surface area contributed by atoms with Crippen molar-refractivity contribution in [2.45, 2.75) is 58.0 Å². The van der Waals surface area contributed by atoms with Crippen LogP contribution in [0, 0.1) is 11.8 Å². The Bertz CT molecular complexity index is 1240. The number of nitrogens with zero attached hydrogens (tertiary/aromatic N) is 2. The van der Waals surface area contributed by atoms with Gasteiger partial charge in [0.15, 0.2) is 0 Å². The van der Waals surface area contributed by atoms with E-state index in [1.165, 1.54) is 9.80 Å². The lowest BCUT2D eigenvalue weighted by molar-refractivity contribution is -0.144. The Balaban J connectivity index is 1.59. The molecule has 1 aliphatic heterocycles. The molecule has 7 nitrogen and oxygen atoms in total. The number of benzene rings is 2. The minimum atomic E-state index is -0.807. The monoisotopic (exact) mass is 583 g/mol. The summed E-state index contributed by atoms with van der Waals surface area (Å²) in [6, 6.07) is 13.8. The first-order valence-corrected chi connectivity index (χ1v) is 14.6. The summed E-state index contributed by atoms with van der Waals surface area (Å²) < 4.78 is 0. The minimum Gasteiger partial charge on any atom is -0.354 e. The second-order valence-corrected chi connectivity index (χ2v) is 11.2. The van der Waals surface area contributed by atoms with Gasteiger partial charge in [0, 0.05) is 32.5 Å². The molecule has 1 fully saturated rings. The van der Waals surface area contributed by atoms with Crippen molar-refractivity contribution < 1.29 is 19.2 Å². The molecule has 0 aromatic heterocycles. The highest BCUT2D eigenvalue weighted by molar-refractivity contribution is 6.42. The Hall–Kier alpha value is -3.16. The number of hydrogen-bond acceptors (Lipinski definition) is 4. The number of nitrogens with one attached hydrogen (secondary N) is 1. The van der Waals surface area contributed by atoms with E-state index in [1.54, 1.807) is 18.2 Å². The molecule has 2 aromatic rings. The van der Waals surface area contributed by atoms with Gasteiger partial charge in [-0.05, 0) is 42.5 Å². The molecule has 4 rings (SSSR count). The number of fused-ring (bicyclic) bond motifs is 1. The van der Waals surface area contributed by atoms with Crippen LogP contribution in [-0.4, -0.2) is 52.6 Å². The van der Waals surface area contributed by atoms with E-state index in [1.807, 2.05) is 49.4 Å². The highest BCUT2D eigenvalue weighted by Gasteiger charge is 2.47. The van der Waals surface area contributed by atoms with Crippen LogP contribution in [0.15, 0.2) is 60.7 Å². The standard InChI is InChI=1S/C31H35Cl2N3O4/c1-2-3-16-34-29(38)27(19-21-9-5-4-6-10-21)36(20-22-13-14-25(32)26(33)18-22)28(37)15-17-35-30(39)23-11-7-8-12-24(23)31(35)40/h4-10,13-14,18,23-24,27H,2-3,11-12,15-17,19-20H2,1H3,(H,34,38)/t23-,24+,27?. The molecule has 0 bridgehead atoms. The SMILES string of the molecule is CCCCNC(=O)C(Cc1ccccc1)N(Cc1ccc(Cl)c(Cl)c1)C(=O)CCN1C(=O)[C@H]2CC=CC[C@H]2C1=O. The Morgan fingerprint density at radius 3 is 2.27 bits per heavy atom. The number of likely N-dealkylation sites (tertiary alicyclic amines) is 1. The first-order chi connectivity index (χ1) is 19.3. The lowest BCUT2D eigenvalue weighted by atomic mass is 9.85. The Morgan fingerprint density at radius 2 is 1.65 bits per heavy atom. The highest BCUT2D eigenvalue weighted by atomic mass is 35.5. The molecule has 0 spiro atoms. The van der Waals surface area contributed by atoms with Crippen LogP contribution in [0.4, 0.5) is 0 Å². The lowest BCUT2D eigenvalue weighted by Gasteiger charge is -2.32.